The summed E-state index contributed by atoms with van der Waals surface area (Å²) in [5, 5.41) is 3.79. The van der Waals surface area contributed by atoms with Crippen molar-refractivity contribution in [3.8, 4) is 0 Å². The molecule has 1 aliphatic heterocycles. The van der Waals surface area contributed by atoms with E-state index in [-0.39, 0.29) is 11.8 Å². The molecule has 0 aliphatic carbocycles. The van der Waals surface area contributed by atoms with Gasteiger partial charge in [0, 0.05) is 20.1 Å². The normalized spacial score (nSPS) is 18.8. The zero-order chi connectivity index (χ0) is 14.3. The molecule has 106 valence electrons. The van der Waals surface area contributed by atoms with Crippen molar-refractivity contribution in [3.05, 3.63) is 23.3 Å². The van der Waals surface area contributed by atoms with E-state index in [0.29, 0.717) is 0 Å². The van der Waals surface area contributed by atoms with Crippen molar-refractivity contribution in [1.29, 1.82) is 0 Å². The number of anilines is 1. The second-order valence-electron chi connectivity index (χ2n) is 5.42. The van der Waals surface area contributed by atoms with Crippen LogP contribution in [0.3, 0.4) is 0 Å². The van der Waals surface area contributed by atoms with Gasteiger partial charge in [0.1, 0.15) is 0 Å². The maximum Gasteiger partial charge on any atom is 0.224 e. The van der Waals surface area contributed by atoms with Gasteiger partial charge in [-0.1, -0.05) is 23.5 Å². The Labute approximate surface area is 122 Å². The Morgan fingerprint density at radius 2 is 2.15 bits per heavy atom. The fourth-order valence-corrected chi connectivity index (χ4v) is 3.88. The topological polar surface area (TPSA) is 45.2 Å². The van der Waals surface area contributed by atoms with Crippen LogP contribution in [0.5, 0.6) is 0 Å². The van der Waals surface area contributed by atoms with E-state index in [1.807, 2.05) is 0 Å². The van der Waals surface area contributed by atoms with Crippen LogP contribution in [0.25, 0.3) is 10.2 Å². The Bertz CT molecular complexity index is 625. The molecule has 1 aromatic heterocycles. The molecule has 1 aromatic carbocycles. The van der Waals surface area contributed by atoms with Gasteiger partial charge >= 0.3 is 0 Å². The maximum absolute atomic E-state index is 11.7. The van der Waals surface area contributed by atoms with Gasteiger partial charge in [0.25, 0.3) is 0 Å². The number of rotatable bonds is 2. The first-order chi connectivity index (χ1) is 9.60. The largest absolute Gasteiger partial charge is 0.359 e. The predicted molar refractivity (Wildman–Crippen MR) is 83.5 cm³/mol. The van der Waals surface area contributed by atoms with E-state index in [0.717, 1.165) is 30.2 Å². The maximum atomic E-state index is 11.7. The molecule has 1 aliphatic rings. The van der Waals surface area contributed by atoms with E-state index in [1.54, 1.807) is 18.4 Å². The molecular weight excluding hydrogens is 270 g/mol. The summed E-state index contributed by atoms with van der Waals surface area (Å²) in [5.74, 6) is 0.232. The van der Waals surface area contributed by atoms with Crippen molar-refractivity contribution in [1.82, 2.24) is 10.3 Å². The molecule has 0 spiro atoms. The average Bonchev–Trinajstić information content (AvgIpc) is 3.08. The summed E-state index contributed by atoms with van der Waals surface area (Å²) in [6, 6.07) is 4.27. The first kappa shape index (κ1) is 13.4. The standard InChI is InChI=1S/C15H19N3OS/c1-9-4-5-10(2)13-12(9)17-15(20-13)18-7-6-11(8-18)14(19)16-3/h4-5,11H,6-8H2,1-3H3,(H,16,19). The number of carbonyl (C=O) groups excluding carboxylic acids is 1. The molecule has 1 fully saturated rings. The number of benzene rings is 1. The van der Waals surface area contributed by atoms with Crippen LogP contribution in [0.2, 0.25) is 0 Å². The Hall–Kier alpha value is -1.62. The Kier molecular flexibility index (Phi) is 3.38. The number of thiazole rings is 1. The van der Waals surface area contributed by atoms with E-state index in [2.05, 4.69) is 36.2 Å². The van der Waals surface area contributed by atoms with Gasteiger partial charge < -0.3 is 10.2 Å². The average molecular weight is 289 g/mol. The molecule has 2 aromatic rings. The number of hydrogen-bond donors (Lipinski definition) is 1. The first-order valence-corrected chi connectivity index (χ1v) is 7.75. The predicted octanol–water partition coefficient (Wildman–Crippen LogP) is 2.49. The van der Waals surface area contributed by atoms with E-state index in [9.17, 15) is 4.79 Å². The summed E-state index contributed by atoms with van der Waals surface area (Å²) in [4.78, 5) is 18.7. The molecule has 1 N–H and O–H groups in total. The third-order valence-corrected chi connectivity index (χ3v) is 5.26. The zero-order valence-corrected chi connectivity index (χ0v) is 12.9. The lowest BCUT2D eigenvalue weighted by atomic mass is 10.1. The van der Waals surface area contributed by atoms with E-state index in [1.165, 1.54) is 15.8 Å². The van der Waals surface area contributed by atoms with Crippen LogP contribution < -0.4 is 10.2 Å². The van der Waals surface area contributed by atoms with E-state index in [4.69, 9.17) is 4.98 Å². The number of nitrogens with one attached hydrogen (secondary N) is 1. The van der Waals surface area contributed by atoms with Gasteiger partial charge in [-0.2, -0.15) is 0 Å². The van der Waals surface area contributed by atoms with Crippen molar-refractivity contribution in [2.75, 3.05) is 25.0 Å². The lowest BCUT2D eigenvalue weighted by molar-refractivity contribution is -0.123. The third-order valence-electron chi connectivity index (χ3n) is 4.01. The minimum absolute atomic E-state index is 0.0919. The summed E-state index contributed by atoms with van der Waals surface area (Å²) in [7, 11) is 1.70. The lowest BCUT2D eigenvalue weighted by Gasteiger charge is -2.14. The van der Waals surface area contributed by atoms with Crippen LogP contribution in [0.1, 0.15) is 17.5 Å². The van der Waals surface area contributed by atoms with Crippen molar-refractivity contribution in [3.63, 3.8) is 0 Å². The van der Waals surface area contributed by atoms with Gasteiger partial charge in [0.05, 0.1) is 16.1 Å². The summed E-state index contributed by atoms with van der Waals surface area (Å²) in [6.45, 7) is 5.91. The van der Waals surface area contributed by atoms with Gasteiger partial charge in [-0.3, -0.25) is 4.79 Å². The van der Waals surface area contributed by atoms with Gasteiger partial charge in [-0.05, 0) is 31.4 Å². The van der Waals surface area contributed by atoms with Crippen molar-refractivity contribution < 1.29 is 4.79 Å². The molecule has 0 saturated carbocycles. The van der Waals surface area contributed by atoms with Crippen molar-refractivity contribution >= 4 is 32.6 Å². The van der Waals surface area contributed by atoms with Gasteiger partial charge in [-0.15, -0.1) is 0 Å². The molecule has 0 bridgehead atoms. The smallest absolute Gasteiger partial charge is 0.224 e. The number of amides is 1. The SMILES string of the molecule is CNC(=O)C1CCN(c2nc3c(C)ccc(C)c3s2)C1. The molecule has 1 atom stereocenters. The van der Waals surface area contributed by atoms with E-state index < -0.39 is 0 Å². The number of nitrogens with zero attached hydrogens (tertiary/aromatic N) is 2. The Morgan fingerprint density at radius 1 is 1.40 bits per heavy atom. The van der Waals surface area contributed by atoms with Crippen molar-refractivity contribution in [2.24, 2.45) is 5.92 Å². The Morgan fingerprint density at radius 3 is 2.85 bits per heavy atom. The van der Waals surface area contributed by atoms with Crippen LogP contribution in [-0.2, 0) is 4.79 Å². The molecule has 20 heavy (non-hydrogen) atoms. The van der Waals surface area contributed by atoms with Crippen LogP contribution >= 0.6 is 11.3 Å². The number of aromatic nitrogens is 1. The van der Waals surface area contributed by atoms with E-state index >= 15 is 0 Å². The van der Waals surface area contributed by atoms with Gasteiger partial charge in [0.2, 0.25) is 5.91 Å². The van der Waals surface area contributed by atoms with Crippen molar-refractivity contribution in [2.45, 2.75) is 20.3 Å². The van der Waals surface area contributed by atoms with Crippen LogP contribution in [0.4, 0.5) is 5.13 Å². The number of fused-ring (bicyclic) bond motifs is 1. The molecular formula is C15H19N3OS. The fraction of sp³-hybridized carbons (Fsp3) is 0.467. The lowest BCUT2D eigenvalue weighted by Crippen LogP contribution is -2.30. The van der Waals surface area contributed by atoms with Crippen LogP contribution in [0, 0.1) is 19.8 Å². The highest BCUT2D eigenvalue weighted by molar-refractivity contribution is 7.22. The number of hydrogen-bond acceptors (Lipinski definition) is 4. The van der Waals surface area contributed by atoms with Crippen LogP contribution in [0.15, 0.2) is 12.1 Å². The zero-order valence-electron chi connectivity index (χ0n) is 12.1. The number of carbonyl (C=O) groups is 1. The molecule has 1 amide bonds. The number of aryl methyl sites for hydroxylation is 2. The summed E-state index contributed by atoms with van der Waals surface area (Å²) in [5.41, 5.74) is 3.60. The molecule has 1 saturated heterocycles. The van der Waals surface area contributed by atoms with Crippen LogP contribution in [-0.4, -0.2) is 31.0 Å². The fourth-order valence-electron chi connectivity index (χ4n) is 2.74. The molecule has 0 radical (unpaired) electrons. The summed E-state index contributed by atoms with van der Waals surface area (Å²) < 4.78 is 1.27. The highest BCUT2D eigenvalue weighted by atomic mass is 32.1. The Balaban J connectivity index is 1.91. The second kappa shape index (κ2) is 5.05. The molecule has 3 rings (SSSR count). The molecule has 2 heterocycles. The van der Waals surface area contributed by atoms with Gasteiger partial charge in [-0.25, -0.2) is 4.98 Å². The minimum atomic E-state index is 0.0919. The minimum Gasteiger partial charge on any atom is -0.359 e. The first-order valence-electron chi connectivity index (χ1n) is 6.93. The highest BCUT2D eigenvalue weighted by Crippen LogP contribution is 2.35. The molecule has 4 nitrogen and oxygen atoms in total. The molecule has 5 heteroatoms. The monoisotopic (exact) mass is 289 g/mol. The second-order valence-corrected chi connectivity index (χ2v) is 6.40. The summed E-state index contributed by atoms with van der Waals surface area (Å²) in [6.07, 6.45) is 0.910. The van der Waals surface area contributed by atoms with Gasteiger partial charge in [0.15, 0.2) is 5.13 Å². The quantitative estimate of drug-likeness (QED) is 0.924. The highest BCUT2D eigenvalue weighted by Gasteiger charge is 2.29. The summed E-state index contributed by atoms with van der Waals surface area (Å²) >= 11 is 1.74. The third kappa shape index (κ3) is 2.16. The molecule has 1 unspecified atom stereocenters.